The summed E-state index contributed by atoms with van der Waals surface area (Å²) in [6, 6.07) is 14.1. The van der Waals surface area contributed by atoms with Crippen LogP contribution in [0.2, 0.25) is 0 Å². The third-order valence-electron chi connectivity index (χ3n) is 4.27. The van der Waals surface area contributed by atoms with Crippen LogP contribution in [-0.2, 0) is 0 Å². The number of hydrogen-bond donors (Lipinski definition) is 2. The summed E-state index contributed by atoms with van der Waals surface area (Å²) in [5.74, 6) is 0.341. The SMILES string of the molecule is CCCCCN1CCNc2cc(O)c(-c3ccccc3)cc21. The zero-order chi connectivity index (χ0) is 15.4. The highest BCUT2D eigenvalue weighted by atomic mass is 16.3. The van der Waals surface area contributed by atoms with Crippen molar-refractivity contribution >= 4 is 11.4 Å². The summed E-state index contributed by atoms with van der Waals surface area (Å²) in [5.41, 5.74) is 4.21. The molecule has 3 rings (SSSR count). The Morgan fingerprint density at radius 3 is 2.73 bits per heavy atom. The van der Waals surface area contributed by atoms with Crippen LogP contribution in [0.15, 0.2) is 42.5 Å². The van der Waals surface area contributed by atoms with Gasteiger partial charge in [0.2, 0.25) is 0 Å². The molecule has 0 radical (unpaired) electrons. The van der Waals surface area contributed by atoms with Gasteiger partial charge < -0.3 is 15.3 Å². The van der Waals surface area contributed by atoms with Gasteiger partial charge in [-0.2, -0.15) is 0 Å². The van der Waals surface area contributed by atoms with Gasteiger partial charge in [0.1, 0.15) is 5.75 Å². The van der Waals surface area contributed by atoms with Gasteiger partial charge in [0.25, 0.3) is 0 Å². The van der Waals surface area contributed by atoms with E-state index in [-0.39, 0.29) is 0 Å². The van der Waals surface area contributed by atoms with Gasteiger partial charge in [-0.3, -0.25) is 0 Å². The van der Waals surface area contributed by atoms with Crippen molar-refractivity contribution in [3.63, 3.8) is 0 Å². The number of aromatic hydroxyl groups is 1. The van der Waals surface area contributed by atoms with E-state index in [0.717, 1.165) is 36.4 Å². The third kappa shape index (κ3) is 3.03. The minimum atomic E-state index is 0.341. The normalized spacial score (nSPS) is 13.6. The Kier molecular flexibility index (Phi) is 4.52. The highest BCUT2D eigenvalue weighted by molar-refractivity contribution is 5.83. The minimum Gasteiger partial charge on any atom is -0.507 e. The maximum Gasteiger partial charge on any atom is 0.125 e. The molecule has 0 saturated carbocycles. The zero-order valence-electron chi connectivity index (χ0n) is 13.2. The van der Waals surface area contributed by atoms with Gasteiger partial charge in [-0.05, 0) is 18.1 Å². The van der Waals surface area contributed by atoms with Gasteiger partial charge in [0.15, 0.2) is 0 Å². The van der Waals surface area contributed by atoms with E-state index in [9.17, 15) is 5.11 Å². The Balaban J connectivity index is 1.93. The molecule has 2 aromatic rings. The molecule has 2 aromatic carbocycles. The predicted octanol–water partition coefficient (Wildman–Crippen LogP) is 4.48. The number of benzene rings is 2. The lowest BCUT2D eigenvalue weighted by Crippen LogP contribution is -2.34. The molecule has 0 unspecified atom stereocenters. The second kappa shape index (κ2) is 6.73. The molecule has 0 spiro atoms. The molecule has 0 saturated heterocycles. The second-order valence-electron chi connectivity index (χ2n) is 5.87. The fourth-order valence-corrected chi connectivity index (χ4v) is 3.06. The number of nitrogens with one attached hydrogen (secondary N) is 1. The van der Waals surface area contributed by atoms with Crippen molar-refractivity contribution in [2.24, 2.45) is 0 Å². The maximum absolute atomic E-state index is 10.4. The van der Waals surface area contributed by atoms with Gasteiger partial charge in [-0.25, -0.2) is 0 Å². The van der Waals surface area contributed by atoms with E-state index < -0.39 is 0 Å². The average Bonchev–Trinajstić information content (AvgIpc) is 2.55. The molecular weight excluding hydrogens is 272 g/mol. The van der Waals surface area contributed by atoms with Crippen molar-refractivity contribution in [2.45, 2.75) is 26.2 Å². The Bertz CT molecular complexity index is 625. The highest BCUT2D eigenvalue weighted by Gasteiger charge is 2.19. The Labute approximate surface area is 132 Å². The predicted molar refractivity (Wildman–Crippen MR) is 93.8 cm³/mol. The highest BCUT2D eigenvalue weighted by Crippen LogP contribution is 2.40. The van der Waals surface area contributed by atoms with E-state index in [1.807, 2.05) is 36.4 Å². The van der Waals surface area contributed by atoms with Crippen LogP contribution < -0.4 is 10.2 Å². The second-order valence-corrected chi connectivity index (χ2v) is 5.87. The summed E-state index contributed by atoms with van der Waals surface area (Å²) in [6.07, 6.45) is 3.73. The third-order valence-corrected chi connectivity index (χ3v) is 4.27. The largest absolute Gasteiger partial charge is 0.507 e. The van der Waals surface area contributed by atoms with Crippen LogP contribution in [0.4, 0.5) is 11.4 Å². The van der Waals surface area contributed by atoms with Crippen LogP contribution in [0.3, 0.4) is 0 Å². The lowest BCUT2D eigenvalue weighted by molar-refractivity contribution is 0.477. The lowest BCUT2D eigenvalue weighted by atomic mass is 10.0. The van der Waals surface area contributed by atoms with Gasteiger partial charge in [-0.15, -0.1) is 0 Å². The molecule has 3 nitrogen and oxygen atoms in total. The van der Waals surface area contributed by atoms with Gasteiger partial charge in [0.05, 0.1) is 11.4 Å². The van der Waals surface area contributed by atoms with Crippen molar-refractivity contribution in [3.8, 4) is 16.9 Å². The monoisotopic (exact) mass is 296 g/mol. The van der Waals surface area contributed by atoms with Crippen LogP contribution in [0, 0.1) is 0 Å². The minimum absolute atomic E-state index is 0.341. The summed E-state index contributed by atoms with van der Waals surface area (Å²) < 4.78 is 0. The first-order valence-electron chi connectivity index (χ1n) is 8.21. The summed E-state index contributed by atoms with van der Waals surface area (Å²) in [4.78, 5) is 2.44. The van der Waals surface area contributed by atoms with Crippen LogP contribution in [0.1, 0.15) is 26.2 Å². The van der Waals surface area contributed by atoms with E-state index in [1.165, 1.54) is 24.9 Å². The fourth-order valence-electron chi connectivity index (χ4n) is 3.06. The molecule has 2 N–H and O–H groups in total. The maximum atomic E-state index is 10.4. The summed E-state index contributed by atoms with van der Waals surface area (Å²) in [6.45, 7) is 5.28. The van der Waals surface area contributed by atoms with E-state index >= 15 is 0 Å². The Morgan fingerprint density at radius 1 is 1.14 bits per heavy atom. The van der Waals surface area contributed by atoms with Gasteiger partial charge in [-0.1, -0.05) is 50.1 Å². The molecule has 0 amide bonds. The molecule has 1 aliphatic heterocycles. The van der Waals surface area contributed by atoms with Crippen molar-refractivity contribution in [1.82, 2.24) is 0 Å². The number of unbranched alkanes of at least 4 members (excludes halogenated alkanes) is 2. The van der Waals surface area contributed by atoms with E-state index in [1.54, 1.807) is 0 Å². The number of hydrogen-bond acceptors (Lipinski definition) is 3. The Morgan fingerprint density at radius 2 is 1.95 bits per heavy atom. The standard InChI is InChI=1S/C19H24N2O/c1-2-3-7-11-21-12-10-20-17-14-19(22)16(13-18(17)21)15-8-5-4-6-9-15/h4-6,8-9,13-14,20,22H,2-3,7,10-12H2,1H3. The first kappa shape index (κ1) is 14.8. The topological polar surface area (TPSA) is 35.5 Å². The first-order valence-corrected chi connectivity index (χ1v) is 8.21. The smallest absolute Gasteiger partial charge is 0.125 e. The summed E-state index contributed by atoms with van der Waals surface area (Å²) in [5, 5.41) is 13.8. The van der Waals surface area contributed by atoms with Crippen molar-refractivity contribution in [1.29, 1.82) is 0 Å². The molecular formula is C19H24N2O. The number of anilines is 2. The van der Waals surface area contributed by atoms with E-state index in [2.05, 4.69) is 23.2 Å². The number of nitrogens with zero attached hydrogens (tertiary/aromatic N) is 1. The number of rotatable bonds is 5. The molecule has 0 aliphatic carbocycles. The molecule has 3 heteroatoms. The van der Waals surface area contributed by atoms with Crippen molar-refractivity contribution < 1.29 is 5.11 Å². The average molecular weight is 296 g/mol. The van der Waals surface area contributed by atoms with Crippen molar-refractivity contribution in [3.05, 3.63) is 42.5 Å². The summed E-state index contributed by atoms with van der Waals surface area (Å²) in [7, 11) is 0. The molecule has 0 fully saturated rings. The Hall–Kier alpha value is -2.16. The van der Waals surface area contributed by atoms with Crippen LogP contribution in [0.5, 0.6) is 5.75 Å². The van der Waals surface area contributed by atoms with Crippen LogP contribution in [0.25, 0.3) is 11.1 Å². The molecule has 1 heterocycles. The van der Waals surface area contributed by atoms with Gasteiger partial charge >= 0.3 is 0 Å². The first-order chi connectivity index (χ1) is 10.8. The van der Waals surface area contributed by atoms with Crippen LogP contribution in [-0.4, -0.2) is 24.7 Å². The molecule has 0 aromatic heterocycles. The fraction of sp³-hybridized carbons (Fsp3) is 0.368. The molecule has 22 heavy (non-hydrogen) atoms. The molecule has 0 bridgehead atoms. The van der Waals surface area contributed by atoms with Crippen molar-refractivity contribution in [2.75, 3.05) is 29.9 Å². The van der Waals surface area contributed by atoms with E-state index in [0.29, 0.717) is 5.75 Å². The number of phenolic OH excluding ortho intramolecular Hbond substituents is 1. The quantitative estimate of drug-likeness (QED) is 0.798. The number of fused-ring (bicyclic) bond motifs is 1. The zero-order valence-corrected chi connectivity index (χ0v) is 13.2. The lowest BCUT2D eigenvalue weighted by Gasteiger charge is -2.33. The summed E-state index contributed by atoms with van der Waals surface area (Å²) >= 11 is 0. The molecule has 116 valence electrons. The molecule has 0 atom stereocenters. The van der Waals surface area contributed by atoms with Crippen LogP contribution >= 0.6 is 0 Å². The number of phenols is 1. The van der Waals surface area contributed by atoms with Gasteiger partial charge in [0, 0.05) is 31.3 Å². The molecule has 1 aliphatic rings. The van der Waals surface area contributed by atoms with E-state index in [4.69, 9.17) is 0 Å².